The molecular weight excluding hydrogens is 168 g/mol. The monoisotopic (exact) mass is 182 g/mol. The first kappa shape index (κ1) is 9.73. The van der Waals surface area contributed by atoms with E-state index >= 15 is 0 Å². The third-order valence-corrected chi connectivity index (χ3v) is 1.45. The van der Waals surface area contributed by atoms with Crippen molar-refractivity contribution in [3.63, 3.8) is 0 Å². The van der Waals surface area contributed by atoms with Crippen molar-refractivity contribution in [1.29, 1.82) is 0 Å². The van der Waals surface area contributed by atoms with E-state index in [1.165, 1.54) is 0 Å². The van der Waals surface area contributed by atoms with Crippen molar-refractivity contribution in [3.8, 4) is 0 Å². The Labute approximate surface area is 77.3 Å². The van der Waals surface area contributed by atoms with Gasteiger partial charge in [0.1, 0.15) is 0 Å². The van der Waals surface area contributed by atoms with Crippen LogP contribution in [0.5, 0.6) is 0 Å². The number of carbonyl (C=O) groups excluding carboxylic acids is 1. The maximum Gasteiger partial charge on any atom is 0.238 e. The number of nitrogens with one attached hydrogen (secondary N) is 1. The second-order valence-corrected chi connectivity index (χ2v) is 3.19. The van der Waals surface area contributed by atoms with Gasteiger partial charge < -0.3 is 10.2 Å². The molecule has 1 N–H and O–H groups in total. The Bertz CT molecular complexity index is 292. The lowest BCUT2D eigenvalue weighted by Gasteiger charge is -2.08. The second-order valence-electron chi connectivity index (χ2n) is 3.19. The predicted molar refractivity (Wildman–Crippen MR) is 50.4 cm³/mol. The van der Waals surface area contributed by atoms with Crippen LogP contribution in [0.4, 0.5) is 5.69 Å². The summed E-state index contributed by atoms with van der Waals surface area (Å²) in [6.07, 6.45) is 3.38. The summed E-state index contributed by atoms with van der Waals surface area (Å²) in [5.41, 5.74) is 0.731. The molecule has 0 saturated carbocycles. The van der Waals surface area contributed by atoms with Crippen LogP contribution in [-0.2, 0) is 11.8 Å². The number of carbonyl (C=O) groups is 1. The van der Waals surface area contributed by atoms with Crippen LogP contribution in [0.3, 0.4) is 0 Å². The van der Waals surface area contributed by atoms with Gasteiger partial charge in [0, 0.05) is 13.2 Å². The van der Waals surface area contributed by atoms with Crippen LogP contribution in [0.25, 0.3) is 0 Å². The van der Waals surface area contributed by atoms with E-state index in [1.807, 2.05) is 26.0 Å². The van der Waals surface area contributed by atoms with Crippen LogP contribution < -0.4 is 5.32 Å². The fourth-order valence-electron chi connectivity index (χ4n) is 0.974. The maximum atomic E-state index is 11.2. The highest BCUT2D eigenvalue weighted by atomic mass is 16.2. The minimum absolute atomic E-state index is 0.0296. The number of nitrogens with zero attached hydrogens (tertiary/aromatic N) is 3. The number of anilines is 1. The van der Waals surface area contributed by atoms with Gasteiger partial charge in [0.15, 0.2) is 0 Å². The molecule has 13 heavy (non-hydrogen) atoms. The zero-order valence-electron chi connectivity index (χ0n) is 8.11. The van der Waals surface area contributed by atoms with E-state index in [4.69, 9.17) is 0 Å². The highest BCUT2D eigenvalue weighted by Crippen LogP contribution is 2.02. The maximum absolute atomic E-state index is 11.2. The van der Waals surface area contributed by atoms with Crippen LogP contribution in [-0.4, -0.2) is 41.2 Å². The number of aromatic nitrogens is 2. The fourth-order valence-corrected chi connectivity index (χ4v) is 0.974. The third-order valence-electron chi connectivity index (χ3n) is 1.45. The van der Waals surface area contributed by atoms with Gasteiger partial charge in [-0.3, -0.25) is 9.48 Å². The lowest BCUT2D eigenvalue weighted by atomic mass is 10.5. The quantitative estimate of drug-likeness (QED) is 0.711. The van der Waals surface area contributed by atoms with Crippen molar-refractivity contribution in [2.24, 2.45) is 7.05 Å². The Morgan fingerprint density at radius 1 is 1.69 bits per heavy atom. The molecule has 5 heteroatoms. The van der Waals surface area contributed by atoms with E-state index in [1.54, 1.807) is 17.1 Å². The van der Waals surface area contributed by atoms with Gasteiger partial charge in [0.2, 0.25) is 5.91 Å². The number of aryl methyl sites for hydroxylation is 1. The van der Waals surface area contributed by atoms with Crippen molar-refractivity contribution in [1.82, 2.24) is 14.7 Å². The molecule has 0 radical (unpaired) electrons. The van der Waals surface area contributed by atoms with Gasteiger partial charge in [-0.1, -0.05) is 0 Å². The van der Waals surface area contributed by atoms with Crippen molar-refractivity contribution in [2.75, 3.05) is 26.0 Å². The van der Waals surface area contributed by atoms with Crippen LogP contribution >= 0.6 is 0 Å². The molecule has 1 aromatic rings. The van der Waals surface area contributed by atoms with Crippen LogP contribution in [0.2, 0.25) is 0 Å². The number of amides is 1. The standard InChI is InChI=1S/C8H14N4O/c1-11(2)6-8(13)10-7-4-9-12(3)5-7/h4-5H,6H2,1-3H3,(H,10,13). The van der Waals surface area contributed by atoms with E-state index < -0.39 is 0 Å². The SMILES string of the molecule is CN(C)CC(=O)Nc1cnn(C)c1. The van der Waals surface area contributed by atoms with Gasteiger partial charge in [0.05, 0.1) is 18.4 Å². The molecule has 0 aliphatic carbocycles. The summed E-state index contributed by atoms with van der Waals surface area (Å²) in [7, 11) is 5.51. The third kappa shape index (κ3) is 3.25. The van der Waals surface area contributed by atoms with E-state index in [9.17, 15) is 4.79 Å². The second kappa shape index (κ2) is 4.04. The van der Waals surface area contributed by atoms with E-state index in [0.29, 0.717) is 6.54 Å². The Balaban J connectivity index is 2.45. The zero-order valence-corrected chi connectivity index (χ0v) is 8.11. The topological polar surface area (TPSA) is 50.2 Å². The average molecular weight is 182 g/mol. The Hall–Kier alpha value is -1.36. The summed E-state index contributed by atoms with van der Waals surface area (Å²) < 4.78 is 1.64. The number of hydrogen-bond acceptors (Lipinski definition) is 3. The van der Waals surface area contributed by atoms with Gasteiger partial charge in [-0.05, 0) is 14.1 Å². The van der Waals surface area contributed by atoms with Crippen LogP contribution in [0.1, 0.15) is 0 Å². The van der Waals surface area contributed by atoms with Crippen molar-refractivity contribution >= 4 is 11.6 Å². The summed E-state index contributed by atoms with van der Waals surface area (Å²) >= 11 is 0. The molecular formula is C8H14N4O. The average Bonchev–Trinajstić information content (AvgIpc) is 2.33. The molecule has 1 aromatic heterocycles. The molecule has 0 fully saturated rings. The Morgan fingerprint density at radius 2 is 2.38 bits per heavy atom. The molecule has 0 unspecified atom stereocenters. The van der Waals surface area contributed by atoms with Crippen molar-refractivity contribution < 1.29 is 4.79 Å². The largest absolute Gasteiger partial charge is 0.322 e. The number of rotatable bonds is 3. The molecule has 0 spiro atoms. The van der Waals surface area contributed by atoms with Crippen molar-refractivity contribution in [2.45, 2.75) is 0 Å². The molecule has 0 aliphatic rings. The smallest absolute Gasteiger partial charge is 0.238 e. The normalized spacial score (nSPS) is 10.5. The van der Waals surface area contributed by atoms with Crippen LogP contribution in [0.15, 0.2) is 12.4 Å². The van der Waals surface area contributed by atoms with Gasteiger partial charge in [-0.2, -0.15) is 5.10 Å². The van der Waals surface area contributed by atoms with E-state index in [0.717, 1.165) is 5.69 Å². The highest BCUT2D eigenvalue weighted by Gasteiger charge is 2.03. The Morgan fingerprint density at radius 3 is 2.85 bits per heavy atom. The minimum atomic E-state index is -0.0296. The summed E-state index contributed by atoms with van der Waals surface area (Å²) in [5.74, 6) is -0.0296. The molecule has 0 bridgehead atoms. The molecule has 0 saturated heterocycles. The zero-order chi connectivity index (χ0) is 9.84. The summed E-state index contributed by atoms with van der Waals surface area (Å²) in [6.45, 7) is 0.384. The predicted octanol–water partition coefficient (Wildman–Crippen LogP) is -0.0798. The van der Waals surface area contributed by atoms with Crippen molar-refractivity contribution in [3.05, 3.63) is 12.4 Å². The molecule has 0 atom stereocenters. The lowest BCUT2D eigenvalue weighted by Crippen LogP contribution is -2.26. The first-order valence-electron chi connectivity index (χ1n) is 4.01. The summed E-state index contributed by atoms with van der Waals surface area (Å²) in [5, 5.41) is 6.67. The number of hydrogen-bond donors (Lipinski definition) is 1. The molecule has 1 rings (SSSR count). The fraction of sp³-hybridized carbons (Fsp3) is 0.500. The molecule has 5 nitrogen and oxygen atoms in total. The first-order chi connectivity index (χ1) is 6.08. The molecule has 1 amide bonds. The van der Waals surface area contributed by atoms with Crippen LogP contribution in [0, 0.1) is 0 Å². The minimum Gasteiger partial charge on any atom is -0.322 e. The summed E-state index contributed by atoms with van der Waals surface area (Å²) in [4.78, 5) is 13.1. The molecule has 0 aromatic carbocycles. The van der Waals surface area contributed by atoms with E-state index in [-0.39, 0.29) is 5.91 Å². The first-order valence-corrected chi connectivity index (χ1v) is 4.01. The van der Waals surface area contributed by atoms with Gasteiger partial charge >= 0.3 is 0 Å². The number of likely N-dealkylation sites (N-methyl/N-ethyl adjacent to an activating group) is 1. The molecule has 0 aliphatic heterocycles. The van der Waals surface area contributed by atoms with Gasteiger partial charge in [-0.15, -0.1) is 0 Å². The Kier molecular flexibility index (Phi) is 3.02. The lowest BCUT2D eigenvalue weighted by molar-refractivity contribution is -0.116. The summed E-state index contributed by atoms with van der Waals surface area (Å²) in [6, 6.07) is 0. The highest BCUT2D eigenvalue weighted by molar-refractivity contribution is 5.91. The van der Waals surface area contributed by atoms with Gasteiger partial charge in [-0.25, -0.2) is 0 Å². The molecule has 72 valence electrons. The molecule has 1 heterocycles. The van der Waals surface area contributed by atoms with E-state index in [2.05, 4.69) is 10.4 Å². The van der Waals surface area contributed by atoms with Gasteiger partial charge in [0.25, 0.3) is 0 Å².